The van der Waals surface area contributed by atoms with Gasteiger partial charge in [0.15, 0.2) is 5.22 Å². The van der Waals surface area contributed by atoms with E-state index in [2.05, 4.69) is 5.32 Å². The smallest absolute Gasteiger partial charge is 0.199 e. The Balaban J connectivity index is 1.87. The molecule has 1 heterocycles. The Morgan fingerprint density at radius 3 is 2.71 bits per heavy atom. The minimum Gasteiger partial charge on any atom is -0.444 e. The third-order valence-electron chi connectivity index (χ3n) is 3.20. The molecular formula is C16H10Cl2N2O. The van der Waals surface area contributed by atoms with Gasteiger partial charge in [0.25, 0.3) is 0 Å². The lowest BCUT2D eigenvalue weighted by Gasteiger charge is -2.08. The van der Waals surface area contributed by atoms with Crippen LogP contribution in [-0.4, -0.2) is 0 Å². The standard InChI is InChI=1S/C16H10Cl2N2O/c17-13-7-10(8-19)5-6-14(13)20-9-12-11-3-1-2-4-15(11)21-16(12)18/h1-7,20H,9H2. The quantitative estimate of drug-likeness (QED) is 0.720. The minimum atomic E-state index is 0.369. The molecule has 0 aliphatic rings. The Kier molecular flexibility index (Phi) is 3.74. The molecule has 5 heteroatoms. The van der Waals surface area contributed by atoms with Crippen LogP contribution in [0.25, 0.3) is 11.0 Å². The number of nitrogens with zero attached hydrogens (tertiary/aromatic N) is 1. The molecule has 0 fully saturated rings. The first-order valence-electron chi connectivity index (χ1n) is 6.28. The van der Waals surface area contributed by atoms with Gasteiger partial charge in [-0.05, 0) is 35.9 Å². The summed E-state index contributed by atoms with van der Waals surface area (Å²) in [5.41, 5.74) is 2.91. The van der Waals surface area contributed by atoms with E-state index in [1.165, 1.54) is 0 Å². The van der Waals surface area contributed by atoms with Crippen LogP contribution < -0.4 is 5.32 Å². The van der Waals surface area contributed by atoms with Gasteiger partial charge < -0.3 is 9.73 Å². The van der Waals surface area contributed by atoms with E-state index in [1.807, 2.05) is 30.3 Å². The number of furan rings is 1. The van der Waals surface area contributed by atoms with E-state index < -0.39 is 0 Å². The second kappa shape index (κ2) is 5.69. The molecule has 0 saturated heterocycles. The molecule has 0 aliphatic heterocycles. The lowest BCUT2D eigenvalue weighted by Crippen LogP contribution is -2.00. The number of nitrogens with one attached hydrogen (secondary N) is 1. The Morgan fingerprint density at radius 1 is 1.14 bits per heavy atom. The van der Waals surface area contributed by atoms with Gasteiger partial charge in [-0.25, -0.2) is 0 Å². The highest BCUT2D eigenvalue weighted by atomic mass is 35.5. The average Bonchev–Trinajstić information content (AvgIpc) is 2.81. The molecule has 0 bridgehead atoms. The van der Waals surface area contributed by atoms with Crippen molar-refractivity contribution in [3.8, 4) is 6.07 Å². The van der Waals surface area contributed by atoms with Crippen LogP contribution in [0.2, 0.25) is 10.2 Å². The fraction of sp³-hybridized carbons (Fsp3) is 0.0625. The topological polar surface area (TPSA) is 49.0 Å². The van der Waals surface area contributed by atoms with Gasteiger partial charge >= 0.3 is 0 Å². The Morgan fingerprint density at radius 2 is 1.95 bits per heavy atom. The van der Waals surface area contributed by atoms with Gasteiger partial charge in [0.05, 0.1) is 22.3 Å². The maximum atomic E-state index is 8.83. The normalized spacial score (nSPS) is 10.5. The van der Waals surface area contributed by atoms with Crippen molar-refractivity contribution in [3.05, 3.63) is 63.8 Å². The summed E-state index contributed by atoms with van der Waals surface area (Å²) in [4.78, 5) is 0. The van der Waals surface area contributed by atoms with E-state index in [4.69, 9.17) is 32.9 Å². The van der Waals surface area contributed by atoms with Crippen molar-refractivity contribution in [1.29, 1.82) is 5.26 Å². The van der Waals surface area contributed by atoms with Crippen molar-refractivity contribution in [3.63, 3.8) is 0 Å². The van der Waals surface area contributed by atoms with Gasteiger partial charge in [0.1, 0.15) is 5.58 Å². The number of hydrogen-bond donors (Lipinski definition) is 1. The summed E-state index contributed by atoms with van der Waals surface area (Å²) in [6.45, 7) is 0.488. The van der Waals surface area contributed by atoms with Crippen LogP contribution in [0.5, 0.6) is 0 Å². The molecule has 0 atom stereocenters. The molecule has 0 aliphatic carbocycles. The van der Waals surface area contributed by atoms with E-state index in [0.29, 0.717) is 22.4 Å². The molecular weight excluding hydrogens is 307 g/mol. The Hall–Kier alpha value is -2.15. The average molecular weight is 317 g/mol. The number of nitriles is 1. The van der Waals surface area contributed by atoms with E-state index in [0.717, 1.165) is 22.2 Å². The second-order valence-corrected chi connectivity index (χ2v) is 5.26. The van der Waals surface area contributed by atoms with Gasteiger partial charge in [-0.15, -0.1) is 0 Å². The van der Waals surface area contributed by atoms with Gasteiger partial charge in [-0.3, -0.25) is 0 Å². The summed E-state index contributed by atoms with van der Waals surface area (Å²) in [5.74, 6) is 0. The summed E-state index contributed by atoms with van der Waals surface area (Å²) in [6.07, 6.45) is 0. The molecule has 104 valence electrons. The zero-order valence-corrected chi connectivity index (χ0v) is 12.4. The second-order valence-electron chi connectivity index (χ2n) is 4.51. The van der Waals surface area contributed by atoms with Gasteiger partial charge in [0.2, 0.25) is 0 Å². The predicted molar refractivity (Wildman–Crippen MR) is 84.7 cm³/mol. The zero-order valence-electron chi connectivity index (χ0n) is 10.9. The van der Waals surface area contributed by atoms with E-state index in [-0.39, 0.29) is 0 Å². The first-order valence-corrected chi connectivity index (χ1v) is 7.04. The fourth-order valence-corrected chi connectivity index (χ4v) is 2.64. The third-order valence-corrected chi connectivity index (χ3v) is 3.82. The monoisotopic (exact) mass is 316 g/mol. The van der Waals surface area contributed by atoms with Gasteiger partial charge in [-0.1, -0.05) is 29.8 Å². The van der Waals surface area contributed by atoms with Gasteiger partial charge in [-0.2, -0.15) is 5.26 Å². The number of hydrogen-bond acceptors (Lipinski definition) is 3. The van der Waals surface area contributed by atoms with Crippen LogP contribution in [-0.2, 0) is 6.54 Å². The molecule has 0 saturated carbocycles. The molecule has 3 rings (SSSR count). The highest BCUT2D eigenvalue weighted by Gasteiger charge is 2.12. The predicted octanol–water partition coefficient (Wildman–Crippen LogP) is 5.22. The number of anilines is 1. The Labute approximate surface area is 131 Å². The SMILES string of the molecule is N#Cc1ccc(NCc2c(Cl)oc3ccccc23)c(Cl)c1. The number of fused-ring (bicyclic) bond motifs is 1. The van der Waals surface area contributed by atoms with Crippen molar-refractivity contribution in [2.45, 2.75) is 6.54 Å². The van der Waals surface area contributed by atoms with Crippen LogP contribution in [0, 0.1) is 11.3 Å². The molecule has 2 aromatic carbocycles. The van der Waals surface area contributed by atoms with Crippen LogP contribution in [0.3, 0.4) is 0 Å². The summed E-state index contributed by atoms with van der Waals surface area (Å²) < 4.78 is 5.50. The van der Waals surface area contributed by atoms with Crippen molar-refractivity contribution in [1.82, 2.24) is 0 Å². The summed E-state index contributed by atoms with van der Waals surface area (Å²) in [5, 5.41) is 13.9. The first kappa shape index (κ1) is 13.8. The first-order chi connectivity index (χ1) is 10.2. The largest absolute Gasteiger partial charge is 0.444 e. The number of para-hydroxylation sites is 1. The maximum absolute atomic E-state index is 8.83. The number of halogens is 2. The summed E-state index contributed by atoms with van der Waals surface area (Å²) in [6, 6.07) is 14.8. The molecule has 3 aromatic rings. The van der Waals surface area contributed by atoms with Crippen LogP contribution in [0.4, 0.5) is 5.69 Å². The molecule has 21 heavy (non-hydrogen) atoms. The summed E-state index contributed by atoms with van der Waals surface area (Å²) in [7, 11) is 0. The van der Waals surface area contributed by atoms with Crippen molar-refractivity contribution < 1.29 is 4.42 Å². The number of benzene rings is 2. The molecule has 0 amide bonds. The van der Waals surface area contributed by atoms with E-state index >= 15 is 0 Å². The highest BCUT2D eigenvalue weighted by Crippen LogP contribution is 2.31. The lowest BCUT2D eigenvalue weighted by atomic mass is 10.1. The molecule has 3 nitrogen and oxygen atoms in total. The van der Waals surface area contributed by atoms with Crippen LogP contribution >= 0.6 is 23.2 Å². The molecule has 0 radical (unpaired) electrons. The number of rotatable bonds is 3. The van der Waals surface area contributed by atoms with E-state index in [1.54, 1.807) is 18.2 Å². The molecule has 1 N–H and O–H groups in total. The van der Waals surface area contributed by atoms with Crippen molar-refractivity contribution in [2.24, 2.45) is 0 Å². The van der Waals surface area contributed by atoms with Gasteiger partial charge in [0, 0.05) is 17.5 Å². The molecule has 0 unspecified atom stereocenters. The molecule has 1 aromatic heterocycles. The van der Waals surface area contributed by atoms with Crippen molar-refractivity contribution in [2.75, 3.05) is 5.32 Å². The Bertz CT molecular complexity index is 849. The van der Waals surface area contributed by atoms with Crippen LogP contribution in [0.15, 0.2) is 46.9 Å². The van der Waals surface area contributed by atoms with Crippen LogP contribution in [0.1, 0.15) is 11.1 Å². The lowest BCUT2D eigenvalue weighted by molar-refractivity contribution is 0.613. The summed E-state index contributed by atoms with van der Waals surface area (Å²) >= 11 is 12.3. The maximum Gasteiger partial charge on any atom is 0.199 e. The fourth-order valence-electron chi connectivity index (χ4n) is 2.15. The minimum absolute atomic E-state index is 0.369. The zero-order chi connectivity index (χ0) is 14.8. The highest BCUT2D eigenvalue weighted by molar-refractivity contribution is 6.33. The van der Waals surface area contributed by atoms with Crippen molar-refractivity contribution >= 4 is 39.9 Å². The molecule has 0 spiro atoms. The van der Waals surface area contributed by atoms with E-state index in [9.17, 15) is 0 Å². The third kappa shape index (κ3) is 2.69.